The predicted molar refractivity (Wildman–Crippen MR) is 92.8 cm³/mol. The molecule has 0 radical (unpaired) electrons. The maximum Gasteiger partial charge on any atom is 0.229 e. The number of benzene rings is 1. The largest absolute Gasteiger partial charge is 0.497 e. The third-order valence-electron chi connectivity index (χ3n) is 4.10. The monoisotopic (exact) mass is 329 g/mol. The van der Waals surface area contributed by atoms with Gasteiger partial charge in [0.05, 0.1) is 23.9 Å². The van der Waals surface area contributed by atoms with Crippen LogP contribution in [0.4, 0.5) is 5.13 Å². The van der Waals surface area contributed by atoms with Gasteiger partial charge >= 0.3 is 0 Å². The van der Waals surface area contributed by atoms with E-state index in [1.807, 2.05) is 18.2 Å². The number of aromatic nitrogens is 1. The number of carbonyl (C=O) groups is 1. The summed E-state index contributed by atoms with van der Waals surface area (Å²) in [5.74, 6) is 3.53. The minimum Gasteiger partial charge on any atom is -0.497 e. The molecule has 0 bridgehead atoms. The van der Waals surface area contributed by atoms with E-state index in [1.165, 1.54) is 11.3 Å². The standard InChI is InChI=1S/C17H19N3O2S/c1-3-8-20-9-6-12(7-10-20)16(21)19-17-18-14-5-4-13(22-2)11-15(14)23-17/h1,4-5,11-12H,6-10H2,2H3,(H,18,19,21). The zero-order valence-electron chi connectivity index (χ0n) is 13.0. The molecule has 23 heavy (non-hydrogen) atoms. The number of terminal acetylenes is 1. The van der Waals surface area contributed by atoms with Crippen molar-refractivity contribution in [3.8, 4) is 18.1 Å². The van der Waals surface area contributed by atoms with Crippen LogP contribution in [0.15, 0.2) is 18.2 Å². The molecule has 0 atom stereocenters. The first-order valence-electron chi connectivity index (χ1n) is 7.61. The van der Waals surface area contributed by atoms with Crippen LogP contribution in [-0.2, 0) is 4.79 Å². The van der Waals surface area contributed by atoms with Crippen molar-refractivity contribution in [2.24, 2.45) is 5.92 Å². The Labute approximate surface area is 139 Å². The molecule has 2 heterocycles. The van der Waals surface area contributed by atoms with Crippen molar-refractivity contribution >= 4 is 32.6 Å². The SMILES string of the molecule is C#CCN1CCC(C(=O)Nc2nc3ccc(OC)cc3s2)CC1. The molecule has 5 nitrogen and oxygen atoms in total. The van der Waals surface area contributed by atoms with Crippen LogP contribution in [0.3, 0.4) is 0 Å². The van der Waals surface area contributed by atoms with Gasteiger partial charge in [0.1, 0.15) is 5.75 Å². The molecule has 6 heteroatoms. The lowest BCUT2D eigenvalue weighted by atomic mass is 9.96. The topological polar surface area (TPSA) is 54.5 Å². The normalized spacial score (nSPS) is 16.2. The summed E-state index contributed by atoms with van der Waals surface area (Å²) in [6.45, 7) is 2.41. The van der Waals surface area contributed by atoms with Crippen LogP contribution >= 0.6 is 11.3 Å². The maximum atomic E-state index is 12.4. The number of thiazole rings is 1. The van der Waals surface area contributed by atoms with Gasteiger partial charge in [0.15, 0.2) is 5.13 Å². The first-order chi connectivity index (χ1) is 11.2. The fraction of sp³-hybridized carbons (Fsp3) is 0.412. The van der Waals surface area contributed by atoms with E-state index in [2.05, 4.69) is 21.1 Å². The second kappa shape index (κ2) is 6.99. The molecule has 1 fully saturated rings. The van der Waals surface area contributed by atoms with Crippen LogP contribution in [0.5, 0.6) is 5.75 Å². The average Bonchev–Trinajstić information content (AvgIpc) is 2.96. The van der Waals surface area contributed by atoms with Crippen LogP contribution in [-0.4, -0.2) is 42.5 Å². The number of fused-ring (bicyclic) bond motifs is 1. The zero-order valence-corrected chi connectivity index (χ0v) is 13.9. The van der Waals surface area contributed by atoms with Crippen molar-refractivity contribution in [2.75, 3.05) is 32.1 Å². The molecule has 3 rings (SSSR count). The highest BCUT2D eigenvalue weighted by Crippen LogP contribution is 2.30. The highest BCUT2D eigenvalue weighted by molar-refractivity contribution is 7.22. The summed E-state index contributed by atoms with van der Waals surface area (Å²) >= 11 is 1.47. The van der Waals surface area contributed by atoms with E-state index in [-0.39, 0.29) is 11.8 Å². The average molecular weight is 329 g/mol. The van der Waals surface area contributed by atoms with Crippen molar-refractivity contribution < 1.29 is 9.53 Å². The highest BCUT2D eigenvalue weighted by Gasteiger charge is 2.25. The van der Waals surface area contributed by atoms with Crippen LogP contribution < -0.4 is 10.1 Å². The lowest BCUT2D eigenvalue weighted by Crippen LogP contribution is -2.38. The molecule has 1 aliphatic rings. The number of hydrogen-bond acceptors (Lipinski definition) is 5. The molecule has 1 aromatic carbocycles. The number of amides is 1. The first-order valence-corrected chi connectivity index (χ1v) is 8.42. The number of carbonyl (C=O) groups excluding carboxylic acids is 1. The van der Waals surface area contributed by atoms with Crippen molar-refractivity contribution in [3.63, 3.8) is 0 Å². The van der Waals surface area contributed by atoms with E-state index >= 15 is 0 Å². The van der Waals surface area contributed by atoms with Gasteiger partial charge in [-0.25, -0.2) is 4.98 Å². The fourth-order valence-electron chi connectivity index (χ4n) is 2.78. The summed E-state index contributed by atoms with van der Waals surface area (Å²) in [4.78, 5) is 19.1. The number of rotatable bonds is 4. The number of nitrogens with one attached hydrogen (secondary N) is 1. The van der Waals surface area contributed by atoms with E-state index in [0.717, 1.165) is 41.9 Å². The van der Waals surface area contributed by atoms with Crippen molar-refractivity contribution in [2.45, 2.75) is 12.8 Å². The summed E-state index contributed by atoms with van der Waals surface area (Å²) in [6, 6.07) is 5.70. The zero-order chi connectivity index (χ0) is 16.2. The molecule has 120 valence electrons. The first kappa shape index (κ1) is 15.8. The van der Waals surface area contributed by atoms with Gasteiger partial charge in [0, 0.05) is 5.92 Å². The minimum absolute atomic E-state index is 0.0329. The maximum absolute atomic E-state index is 12.4. The van der Waals surface area contributed by atoms with Crippen LogP contribution in [0.1, 0.15) is 12.8 Å². The molecule has 1 aliphatic heterocycles. The number of piperidine rings is 1. The molecule has 1 amide bonds. The second-order valence-electron chi connectivity index (χ2n) is 5.60. The van der Waals surface area contributed by atoms with E-state index in [9.17, 15) is 4.79 Å². The van der Waals surface area contributed by atoms with Crippen LogP contribution in [0.25, 0.3) is 10.2 Å². The Morgan fingerprint density at radius 3 is 3.00 bits per heavy atom. The fourth-order valence-corrected chi connectivity index (χ4v) is 3.67. The van der Waals surface area contributed by atoms with Gasteiger partial charge in [-0.2, -0.15) is 0 Å². The minimum atomic E-state index is 0.0329. The van der Waals surface area contributed by atoms with Crippen LogP contribution in [0.2, 0.25) is 0 Å². The van der Waals surface area contributed by atoms with E-state index in [1.54, 1.807) is 7.11 Å². The lowest BCUT2D eigenvalue weighted by Gasteiger charge is -2.29. The van der Waals surface area contributed by atoms with Gasteiger partial charge in [-0.15, -0.1) is 6.42 Å². The molecular formula is C17H19N3O2S. The summed E-state index contributed by atoms with van der Waals surface area (Å²) in [6.07, 6.45) is 7.01. The number of likely N-dealkylation sites (tertiary alicyclic amines) is 1. The third kappa shape index (κ3) is 3.63. The molecule has 1 saturated heterocycles. The Bertz CT molecular complexity index is 742. The third-order valence-corrected chi connectivity index (χ3v) is 5.03. The summed E-state index contributed by atoms with van der Waals surface area (Å²) < 4.78 is 6.21. The van der Waals surface area contributed by atoms with Gasteiger partial charge in [0.2, 0.25) is 5.91 Å². The highest BCUT2D eigenvalue weighted by atomic mass is 32.1. The molecule has 0 saturated carbocycles. The van der Waals surface area contributed by atoms with Crippen molar-refractivity contribution in [3.05, 3.63) is 18.2 Å². The molecule has 2 aromatic rings. The lowest BCUT2D eigenvalue weighted by molar-refractivity contribution is -0.121. The van der Waals surface area contributed by atoms with Gasteiger partial charge in [-0.1, -0.05) is 17.3 Å². The summed E-state index contributed by atoms with van der Waals surface area (Å²) in [7, 11) is 1.64. The Morgan fingerprint density at radius 2 is 2.30 bits per heavy atom. The van der Waals surface area contributed by atoms with E-state index in [4.69, 9.17) is 11.2 Å². The molecule has 1 N–H and O–H groups in total. The van der Waals surface area contributed by atoms with Crippen molar-refractivity contribution in [1.29, 1.82) is 0 Å². The van der Waals surface area contributed by atoms with Crippen LogP contribution in [0, 0.1) is 18.3 Å². The summed E-state index contributed by atoms with van der Waals surface area (Å²) in [5.41, 5.74) is 0.870. The Morgan fingerprint density at radius 1 is 1.52 bits per heavy atom. The van der Waals surface area contributed by atoms with E-state index in [0.29, 0.717) is 11.7 Å². The van der Waals surface area contributed by atoms with Gasteiger partial charge < -0.3 is 10.1 Å². The number of hydrogen-bond donors (Lipinski definition) is 1. The molecule has 1 aromatic heterocycles. The van der Waals surface area contributed by atoms with Gasteiger partial charge in [-0.05, 0) is 44.1 Å². The predicted octanol–water partition coefficient (Wildman–Crippen LogP) is 2.59. The molecular weight excluding hydrogens is 310 g/mol. The number of ether oxygens (including phenoxy) is 1. The Kier molecular flexibility index (Phi) is 4.79. The molecule has 0 spiro atoms. The van der Waals surface area contributed by atoms with Gasteiger partial charge in [-0.3, -0.25) is 9.69 Å². The molecule has 0 unspecified atom stereocenters. The number of anilines is 1. The second-order valence-corrected chi connectivity index (χ2v) is 6.63. The Balaban J connectivity index is 1.63. The Hall–Kier alpha value is -2.10. The van der Waals surface area contributed by atoms with Gasteiger partial charge in [0.25, 0.3) is 0 Å². The van der Waals surface area contributed by atoms with E-state index < -0.39 is 0 Å². The number of methoxy groups -OCH3 is 1. The van der Waals surface area contributed by atoms with Crippen molar-refractivity contribution in [1.82, 2.24) is 9.88 Å². The number of nitrogens with zero attached hydrogens (tertiary/aromatic N) is 2. The quantitative estimate of drug-likeness (QED) is 0.876. The smallest absolute Gasteiger partial charge is 0.229 e. The molecule has 0 aliphatic carbocycles. The summed E-state index contributed by atoms with van der Waals surface area (Å²) in [5, 5.41) is 3.60.